The summed E-state index contributed by atoms with van der Waals surface area (Å²) < 4.78 is 26.2. The van der Waals surface area contributed by atoms with Gasteiger partial charge in [-0.2, -0.15) is 4.31 Å². The molecule has 2 N–H and O–H groups in total. The molecule has 5 nitrogen and oxygen atoms in total. The van der Waals surface area contributed by atoms with Gasteiger partial charge < -0.3 is 5.73 Å². The van der Waals surface area contributed by atoms with E-state index in [4.69, 9.17) is 5.73 Å². The summed E-state index contributed by atoms with van der Waals surface area (Å²) in [5, 5.41) is 0.138. The monoisotopic (exact) mass is 305 g/mol. The molecule has 1 fully saturated rings. The topological polar surface area (TPSA) is 76.3 Å². The van der Waals surface area contributed by atoms with Crippen LogP contribution in [0, 0.1) is 12.8 Å². The number of piperidine rings is 1. The number of rotatable bonds is 3. The van der Waals surface area contributed by atoms with E-state index in [0.29, 0.717) is 25.6 Å². The van der Waals surface area contributed by atoms with Gasteiger partial charge in [0.1, 0.15) is 0 Å². The predicted octanol–water partition coefficient (Wildman–Crippen LogP) is 1.17. The second-order valence-corrected chi connectivity index (χ2v) is 6.64. The lowest BCUT2D eigenvalue weighted by atomic mass is 9.99. The first-order valence-corrected chi connectivity index (χ1v) is 7.61. The van der Waals surface area contributed by atoms with Gasteiger partial charge in [-0.25, -0.2) is 13.4 Å². The second-order valence-electron chi connectivity index (χ2n) is 4.76. The van der Waals surface area contributed by atoms with Gasteiger partial charge in [-0.3, -0.25) is 0 Å². The first kappa shape index (κ1) is 16.4. The lowest BCUT2D eigenvalue weighted by Crippen LogP contribution is -2.40. The number of pyridine rings is 1. The van der Waals surface area contributed by atoms with E-state index < -0.39 is 10.0 Å². The van der Waals surface area contributed by atoms with Crippen molar-refractivity contribution in [3.63, 3.8) is 0 Å². The maximum atomic E-state index is 12.3. The highest BCUT2D eigenvalue weighted by Crippen LogP contribution is 2.22. The molecule has 1 aromatic heterocycles. The van der Waals surface area contributed by atoms with Gasteiger partial charge in [0.15, 0.2) is 5.03 Å². The number of aryl methyl sites for hydroxylation is 1. The molecule has 0 atom stereocenters. The van der Waals surface area contributed by atoms with Crippen molar-refractivity contribution in [3.05, 3.63) is 23.9 Å². The smallest absolute Gasteiger partial charge is 0.260 e. The minimum Gasteiger partial charge on any atom is -0.330 e. The SMILES string of the molecule is Cc1ccc(S(=O)(=O)N2CCC(CN)CC2)nc1.Cl. The highest BCUT2D eigenvalue weighted by molar-refractivity contribution is 7.89. The average molecular weight is 306 g/mol. The molecule has 2 rings (SSSR count). The molecule has 0 bridgehead atoms. The lowest BCUT2D eigenvalue weighted by molar-refractivity contribution is 0.278. The molecule has 108 valence electrons. The van der Waals surface area contributed by atoms with E-state index in [2.05, 4.69) is 4.98 Å². The molecule has 1 aliphatic rings. The third-order valence-electron chi connectivity index (χ3n) is 3.40. The number of aromatic nitrogens is 1. The summed E-state index contributed by atoms with van der Waals surface area (Å²) in [6.07, 6.45) is 3.25. The van der Waals surface area contributed by atoms with Crippen molar-refractivity contribution in [2.75, 3.05) is 19.6 Å². The Labute approximate surface area is 120 Å². The molecule has 0 aromatic carbocycles. The molecule has 0 aliphatic carbocycles. The summed E-state index contributed by atoms with van der Waals surface area (Å²) in [4.78, 5) is 4.01. The Balaban J connectivity index is 0.00000180. The van der Waals surface area contributed by atoms with Crippen LogP contribution < -0.4 is 5.73 Å². The Kier molecular flexibility index (Phi) is 5.73. The Hall–Kier alpha value is -0.690. The summed E-state index contributed by atoms with van der Waals surface area (Å²) in [6.45, 7) is 3.60. The van der Waals surface area contributed by atoms with Crippen LogP contribution in [0.4, 0.5) is 0 Å². The highest BCUT2D eigenvalue weighted by atomic mass is 35.5. The maximum absolute atomic E-state index is 12.3. The zero-order valence-electron chi connectivity index (χ0n) is 10.9. The Bertz CT molecular complexity index is 496. The summed E-state index contributed by atoms with van der Waals surface area (Å²) in [6, 6.07) is 3.34. The van der Waals surface area contributed by atoms with Crippen LogP contribution in [0.15, 0.2) is 23.4 Å². The van der Waals surface area contributed by atoms with Gasteiger partial charge in [0.05, 0.1) is 0 Å². The van der Waals surface area contributed by atoms with Crippen LogP contribution in [0.25, 0.3) is 0 Å². The third-order valence-corrected chi connectivity index (χ3v) is 5.21. The molecule has 0 amide bonds. The Morgan fingerprint density at radius 2 is 2.00 bits per heavy atom. The standard InChI is InChI=1S/C12H19N3O2S.ClH/c1-10-2-3-12(14-9-10)18(16,17)15-6-4-11(8-13)5-7-15;/h2-3,9,11H,4-8,13H2,1H3;1H. The van der Waals surface area contributed by atoms with E-state index in [1.807, 2.05) is 6.92 Å². The predicted molar refractivity (Wildman–Crippen MR) is 76.8 cm³/mol. The summed E-state index contributed by atoms with van der Waals surface area (Å²) in [5.41, 5.74) is 6.56. The number of nitrogens with two attached hydrogens (primary N) is 1. The molecule has 1 saturated heterocycles. The maximum Gasteiger partial charge on any atom is 0.260 e. The third kappa shape index (κ3) is 3.66. The molecule has 0 radical (unpaired) electrons. The highest BCUT2D eigenvalue weighted by Gasteiger charge is 2.29. The Morgan fingerprint density at radius 3 is 2.47 bits per heavy atom. The van der Waals surface area contributed by atoms with Crippen molar-refractivity contribution in [2.24, 2.45) is 11.7 Å². The largest absolute Gasteiger partial charge is 0.330 e. The van der Waals surface area contributed by atoms with Crippen LogP contribution in [0.3, 0.4) is 0 Å². The molecular weight excluding hydrogens is 286 g/mol. The van der Waals surface area contributed by atoms with Crippen LogP contribution in [-0.2, 0) is 10.0 Å². The van der Waals surface area contributed by atoms with Crippen molar-refractivity contribution in [3.8, 4) is 0 Å². The van der Waals surface area contributed by atoms with Crippen molar-refractivity contribution in [1.29, 1.82) is 0 Å². The summed E-state index contributed by atoms with van der Waals surface area (Å²) in [7, 11) is -3.43. The second kappa shape index (κ2) is 6.65. The number of nitrogens with zero attached hydrogens (tertiary/aromatic N) is 2. The van der Waals surface area contributed by atoms with Gasteiger partial charge in [0.2, 0.25) is 0 Å². The molecule has 7 heteroatoms. The van der Waals surface area contributed by atoms with Gasteiger partial charge in [0, 0.05) is 19.3 Å². The minimum absolute atomic E-state index is 0. The van der Waals surface area contributed by atoms with E-state index >= 15 is 0 Å². The van der Waals surface area contributed by atoms with Crippen molar-refractivity contribution in [2.45, 2.75) is 24.8 Å². The first-order valence-electron chi connectivity index (χ1n) is 6.17. The van der Waals surface area contributed by atoms with Crippen molar-refractivity contribution in [1.82, 2.24) is 9.29 Å². The number of hydrogen-bond acceptors (Lipinski definition) is 4. The number of sulfonamides is 1. The van der Waals surface area contributed by atoms with Crippen LogP contribution >= 0.6 is 12.4 Å². The van der Waals surface area contributed by atoms with Crippen molar-refractivity contribution < 1.29 is 8.42 Å². The zero-order valence-corrected chi connectivity index (χ0v) is 12.6. The minimum atomic E-state index is -3.43. The van der Waals surface area contributed by atoms with Crippen molar-refractivity contribution >= 4 is 22.4 Å². The fourth-order valence-corrected chi connectivity index (χ4v) is 3.51. The van der Waals surface area contributed by atoms with Crippen LogP contribution in [-0.4, -0.2) is 37.3 Å². The van der Waals surface area contributed by atoms with E-state index in [1.165, 1.54) is 4.31 Å². The average Bonchev–Trinajstić information content (AvgIpc) is 2.39. The molecule has 2 heterocycles. The Morgan fingerprint density at radius 1 is 1.37 bits per heavy atom. The van der Waals surface area contributed by atoms with Crippen LogP contribution in [0.1, 0.15) is 18.4 Å². The summed E-state index contributed by atoms with van der Waals surface area (Å²) >= 11 is 0. The zero-order chi connectivity index (χ0) is 13.2. The fraction of sp³-hybridized carbons (Fsp3) is 0.583. The molecule has 0 saturated carbocycles. The molecule has 19 heavy (non-hydrogen) atoms. The quantitative estimate of drug-likeness (QED) is 0.909. The number of hydrogen-bond donors (Lipinski definition) is 1. The van der Waals surface area contributed by atoms with Gasteiger partial charge >= 0.3 is 0 Å². The number of halogens is 1. The molecular formula is C12H20ClN3O2S. The summed E-state index contributed by atoms with van der Waals surface area (Å²) in [5.74, 6) is 0.447. The molecule has 0 spiro atoms. The van der Waals surface area contributed by atoms with E-state index in [0.717, 1.165) is 18.4 Å². The first-order chi connectivity index (χ1) is 8.54. The lowest BCUT2D eigenvalue weighted by Gasteiger charge is -2.30. The fourth-order valence-electron chi connectivity index (χ4n) is 2.12. The molecule has 1 aliphatic heterocycles. The van der Waals surface area contributed by atoms with E-state index in [9.17, 15) is 8.42 Å². The normalized spacial score (nSPS) is 18.0. The van der Waals surface area contributed by atoms with E-state index in [-0.39, 0.29) is 17.4 Å². The van der Waals surface area contributed by atoms with Gasteiger partial charge in [0.25, 0.3) is 10.0 Å². The molecule has 0 unspecified atom stereocenters. The van der Waals surface area contributed by atoms with Gasteiger partial charge in [-0.1, -0.05) is 6.07 Å². The van der Waals surface area contributed by atoms with Gasteiger partial charge in [-0.15, -0.1) is 12.4 Å². The van der Waals surface area contributed by atoms with Gasteiger partial charge in [-0.05, 0) is 43.9 Å². The molecule has 1 aromatic rings. The van der Waals surface area contributed by atoms with Crippen LogP contribution in [0.5, 0.6) is 0 Å². The van der Waals surface area contributed by atoms with Crippen LogP contribution in [0.2, 0.25) is 0 Å². The van der Waals surface area contributed by atoms with E-state index in [1.54, 1.807) is 18.3 Å².